The molecule has 4 aromatic rings. The molecule has 2 aliphatic rings. The maximum atomic E-state index is 12.8. The second kappa shape index (κ2) is 6.75. The fourth-order valence-electron chi connectivity index (χ4n) is 5.44. The summed E-state index contributed by atoms with van der Waals surface area (Å²) in [5, 5.41) is 16.1. The average Bonchev–Trinajstić information content (AvgIpc) is 3.13. The van der Waals surface area contributed by atoms with E-state index in [1.807, 2.05) is 42.6 Å². The predicted octanol–water partition coefficient (Wildman–Crippen LogP) is 3.79. The van der Waals surface area contributed by atoms with Crippen LogP contribution in [-0.4, -0.2) is 31.8 Å². The maximum absolute atomic E-state index is 12.8. The molecule has 1 aromatic carbocycles. The summed E-state index contributed by atoms with van der Waals surface area (Å²) in [6.07, 6.45) is 7.54. The summed E-state index contributed by atoms with van der Waals surface area (Å²) >= 11 is 3.42. The van der Waals surface area contributed by atoms with Crippen molar-refractivity contribution < 1.29 is 4.79 Å². The van der Waals surface area contributed by atoms with Crippen LogP contribution in [0.25, 0.3) is 16.3 Å². The quantitative estimate of drug-likeness (QED) is 0.469. The number of carbonyl (C=O) groups is 1. The van der Waals surface area contributed by atoms with Crippen molar-refractivity contribution in [3.8, 4) is 0 Å². The molecule has 1 spiro atoms. The summed E-state index contributed by atoms with van der Waals surface area (Å²) in [5.74, 6) is 0.290. The fraction of sp³-hybridized carbons (Fsp3) is 0.304. The van der Waals surface area contributed by atoms with E-state index < -0.39 is 0 Å². The molecule has 0 bridgehead atoms. The van der Waals surface area contributed by atoms with Gasteiger partial charge in [0.15, 0.2) is 0 Å². The van der Waals surface area contributed by atoms with Crippen LogP contribution in [0.3, 0.4) is 0 Å². The molecule has 2 aliphatic carbocycles. The van der Waals surface area contributed by atoms with Gasteiger partial charge in [-0.05, 0) is 65.2 Å². The Labute approximate surface area is 186 Å². The monoisotopic (exact) mass is 477 g/mol. The number of aromatic nitrogens is 4. The van der Waals surface area contributed by atoms with Gasteiger partial charge in [-0.25, -0.2) is 9.61 Å². The van der Waals surface area contributed by atoms with Crippen LogP contribution in [0.4, 0.5) is 0 Å². The van der Waals surface area contributed by atoms with Crippen LogP contribution in [0.15, 0.2) is 58.1 Å². The maximum Gasteiger partial charge on any atom is 0.272 e. The van der Waals surface area contributed by atoms with Crippen molar-refractivity contribution in [1.82, 2.24) is 25.1 Å². The Hall–Kier alpha value is -3.00. The van der Waals surface area contributed by atoms with Crippen LogP contribution in [0.5, 0.6) is 0 Å². The molecular weight excluding hydrogens is 458 g/mol. The molecule has 1 amide bonds. The number of benzene rings is 1. The minimum absolute atomic E-state index is 0.0682. The molecule has 0 atom stereocenters. The highest BCUT2D eigenvalue weighted by Crippen LogP contribution is 2.62. The van der Waals surface area contributed by atoms with Gasteiger partial charge in [-0.1, -0.05) is 18.2 Å². The number of aromatic amines is 1. The van der Waals surface area contributed by atoms with Gasteiger partial charge in [0.25, 0.3) is 11.5 Å². The Morgan fingerprint density at radius 1 is 1.13 bits per heavy atom. The molecule has 156 valence electrons. The zero-order valence-electron chi connectivity index (χ0n) is 16.6. The SMILES string of the molecule is O=C(N[C@H]1CC2(C1)C[C@H](c1n[nH]c(=O)c3ccccc31)C2)c1cnn2cc(Br)ccc12. The topological polar surface area (TPSA) is 92.1 Å². The number of carbonyl (C=O) groups excluding carboxylic acids is 1. The van der Waals surface area contributed by atoms with E-state index in [1.54, 1.807) is 10.7 Å². The van der Waals surface area contributed by atoms with Gasteiger partial charge in [0.2, 0.25) is 0 Å². The van der Waals surface area contributed by atoms with Gasteiger partial charge in [-0.15, -0.1) is 0 Å². The number of amides is 1. The molecule has 0 radical (unpaired) electrons. The zero-order chi connectivity index (χ0) is 21.2. The van der Waals surface area contributed by atoms with E-state index in [4.69, 9.17) is 0 Å². The number of rotatable bonds is 3. The van der Waals surface area contributed by atoms with Crippen LogP contribution in [-0.2, 0) is 0 Å². The number of H-pyrrole nitrogens is 1. The van der Waals surface area contributed by atoms with Gasteiger partial charge in [-0.3, -0.25) is 9.59 Å². The van der Waals surface area contributed by atoms with E-state index in [-0.39, 0.29) is 22.9 Å². The lowest BCUT2D eigenvalue weighted by Crippen LogP contribution is -2.55. The Bertz CT molecular complexity index is 1390. The van der Waals surface area contributed by atoms with Gasteiger partial charge in [0, 0.05) is 28.0 Å². The highest BCUT2D eigenvalue weighted by atomic mass is 79.9. The summed E-state index contributed by atoms with van der Waals surface area (Å²) in [5.41, 5.74) is 2.54. The van der Waals surface area contributed by atoms with Crippen molar-refractivity contribution in [3.63, 3.8) is 0 Å². The van der Waals surface area contributed by atoms with Crippen molar-refractivity contribution in [2.24, 2.45) is 5.41 Å². The molecule has 3 heterocycles. The third-order valence-electron chi connectivity index (χ3n) is 6.89. The standard InChI is InChI=1S/C23H20BrN5O2/c24-14-5-6-19-18(11-25-29(19)12-14)21(30)26-15-9-23(10-15)7-13(8-23)20-16-3-1-2-4-17(16)22(31)28-27-20/h1-6,11-13,15H,7-10H2,(H,26,30)(H,28,31)/t13-,15-,23?. The summed E-state index contributed by atoms with van der Waals surface area (Å²) in [7, 11) is 0. The number of hydrogen-bond donors (Lipinski definition) is 2. The summed E-state index contributed by atoms with van der Waals surface area (Å²) < 4.78 is 2.62. The number of pyridine rings is 1. The average molecular weight is 478 g/mol. The molecule has 6 rings (SSSR count). The zero-order valence-corrected chi connectivity index (χ0v) is 18.2. The number of fused-ring (bicyclic) bond motifs is 2. The van der Waals surface area contributed by atoms with Gasteiger partial charge in [0.1, 0.15) is 0 Å². The van der Waals surface area contributed by atoms with Crippen molar-refractivity contribution >= 4 is 38.1 Å². The van der Waals surface area contributed by atoms with Crippen LogP contribution < -0.4 is 10.9 Å². The van der Waals surface area contributed by atoms with Gasteiger partial charge < -0.3 is 5.32 Å². The lowest BCUT2D eigenvalue weighted by molar-refractivity contribution is -0.0196. The van der Waals surface area contributed by atoms with E-state index in [2.05, 4.69) is 36.5 Å². The first-order valence-corrected chi connectivity index (χ1v) is 11.2. The molecule has 7 nitrogen and oxygen atoms in total. The van der Waals surface area contributed by atoms with Crippen LogP contribution in [0, 0.1) is 5.41 Å². The highest BCUT2D eigenvalue weighted by Gasteiger charge is 2.54. The fourth-order valence-corrected chi connectivity index (χ4v) is 5.77. The normalized spacial score (nSPS) is 24.8. The first kappa shape index (κ1) is 18.7. The number of hydrogen-bond acceptors (Lipinski definition) is 4. The molecule has 0 saturated heterocycles. The van der Waals surface area contributed by atoms with E-state index in [0.29, 0.717) is 16.9 Å². The second-order valence-corrected chi connectivity index (χ2v) is 9.82. The van der Waals surface area contributed by atoms with Crippen molar-refractivity contribution in [2.45, 2.75) is 37.6 Å². The van der Waals surface area contributed by atoms with E-state index in [9.17, 15) is 9.59 Å². The Balaban J connectivity index is 1.12. The van der Waals surface area contributed by atoms with Crippen molar-refractivity contribution in [3.05, 3.63) is 74.9 Å². The predicted molar refractivity (Wildman–Crippen MR) is 120 cm³/mol. The van der Waals surface area contributed by atoms with Crippen molar-refractivity contribution in [2.75, 3.05) is 0 Å². The number of halogens is 1. The number of nitrogens with zero attached hydrogens (tertiary/aromatic N) is 3. The number of nitrogens with one attached hydrogen (secondary N) is 2. The molecule has 2 saturated carbocycles. The van der Waals surface area contributed by atoms with E-state index in [1.165, 1.54) is 0 Å². The summed E-state index contributed by atoms with van der Waals surface area (Å²) in [6.45, 7) is 0. The van der Waals surface area contributed by atoms with E-state index in [0.717, 1.165) is 46.8 Å². The van der Waals surface area contributed by atoms with Gasteiger partial charge >= 0.3 is 0 Å². The molecule has 31 heavy (non-hydrogen) atoms. The lowest BCUT2D eigenvalue weighted by atomic mass is 9.49. The molecule has 0 unspecified atom stereocenters. The van der Waals surface area contributed by atoms with Gasteiger partial charge in [-0.2, -0.15) is 10.2 Å². The molecule has 2 N–H and O–H groups in total. The lowest BCUT2D eigenvalue weighted by Gasteiger charge is -2.57. The molecule has 3 aromatic heterocycles. The highest BCUT2D eigenvalue weighted by molar-refractivity contribution is 9.10. The molecular formula is C23H20BrN5O2. The summed E-state index contributed by atoms with van der Waals surface area (Å²) in [4.78, 5) is 24.8. The molecule has 0 aliphatic heterocycles. The molecule has 2 fully saturated rings. The van der Waals surface area contributed by atoms with Gasteiger partial charge in [0.05, 0.1) is 28.4 Å². The first-order chi connectivity index (χ1) is 15.0. The smallest absolute Gasteiger partial charge is 0.272 e. The third kappa shape index (κ3) is 3.00. The molecule has 8 heteroatoms. The van der Waals surface area contributed by atoms with Crippen LogP contribution in [0.2, 0.25) is 0 Å². The minimum Gasteiger partial charge on any atom is -0.349 e. The van der Waals surface area contributed by atoms with Crippen molar-refractivity contribution in [1.29, 1.82) is 0 Å². The first-order valence-electron chi connectivity index (χ1n) is 10.4. The largest absolute Gasteiger partial charge is 0.349 e. The van der Waals surface area contributed by atoms with Crippen LogP contribution >= 0.6 is 15.9 Å². The second-order valence-electron chi connectivity index (χ2n) is 8.90. The Kier molecular flexibility index (Phi) is 4.08. The summed E-state index contributed by atoms with van der Waals surface area (Å²) in [6, 6.07) is 11.7. The Morgan fingerprint density at radius 3 is 2.71 bits per heavy atom. The Morgan fingerprint density at radius 2 is 1.90 bits per heavy atom. The minimum atomic E-state index is -0.139. The van der Waals surface area contributed by atoms with Crippen LogP contribution in [0.1, 0.15) is 47.7 Å². The third-order valence-corrected chi connectivity index (χ3v) is 7.36. The van der Waals surface area contributed by atoms with E-state index >= 15 is 0 Å².